The molecule has 1 aromatic heterocycles. The van der Waals surface area contributed by atoms with Gasteiger partial charge in [0.25, 0.3) is 0 Å². The van der Waals surface area contributed by atoms with E-state index in [2.05, 4.69) is 28.2 Å². The highest BCUT2D eigenvalue weighted by molar-refractivity contribution is 5.86. The molecule has 148 valence electrons. The van der Waals surface area contributed by atoms with Crippen molar-refractivity contribution in [3.8, 4) is 5.75 Å². The van der Waals surface area contributed by atoms with Gasteiger partial charge in [-0.25, -0.2) is 0 Å². The molecular formula is C23H28N2O3. The monoisotopic (exact) mass is 380 g/mol. The highest BCUT2D eigenvalue weighted by atomic mass is 16.5. The number of nitrogens with zero attached hydrogens (tertiary/aromatic N) is 1. The van der Waals surface area contributed by atoms with E-state index in [4.69, 9.17) is 9.47 Å². The van der Waals surface area contributed by atoms with Gasteiger partial charge in [-0.15, -0.1) is 0 Å². The van der Waals surface area contributed by atoms with Gasteiger partial charge in [0.2, 0.25) is 5.91 Å². The Balaban J connectivity index is 1.96. The number of nitrogens with one attached hydrogen (secondary N) is 1. The second-order valence-corrected chi connectivity index (χ2v) is 6.91. The molecule has 2 aromatic carbocycles. The molecule has 0 unspecified atom stereocenters. The van der Waals surface area contributed by atoms with E-state index in [0.29, 0.717) is 19.6 Å². The predicted octanol–water partition coefficient (Wildman–Crippen LogP) is 3.86. The largest absolute Gasteiger partial charge is 0.496 e. The third-order valence-electron chi connectivity index (χ3n) is 5.05. The van der Waals surface area contributed by atoms with Crippen molar-refractivity contribution in [3.05, 3.63) is 65.9 Å². The summed E-state index contributed by atoms with van der Waals surface area (Å²) in [4.78, 5) is 12.7. The number of hydrogen-bond donors (Lipinski definition) is 1. The quantitative estimate of drug-likeness (QED) is 0.574. The smallest absolute Gasteiger partial charge is 0.220 e. The molecule has 0 aliphatic rings. The number of amides is 1. The van der Waals surface area contributed by atoms with Crippen LogP contribution in [0.15, 0.2) is 54.7 Å². The van der Waals surface area contributed by atoms with Crippen LogP contribution in [0.2, 0.25) is 0 Å². The number of benzene rings is 2. The summed E-state index contributed by atoms with van der Waals surface area (Å²) in [5.41, 5.74) is 3.31. The molecule has 3 rings (SSSR count). The van der Waals surface area contributed by atoms with Crippen LogP contribution in [0, 0.1) is 0 Å². The summed E-state index contributed by atoms with van der Waals surface area (Å²) in [5.74, 6) is 0.734. The van der Waals surface area contributed by atoms with Crippen LogP contribution in [0.5, 0.6) is 5.75 Å². The number of rotatable bonds is 9. The first-order valence-electron chi connectivity index (χ1n) is 9.58. The molecule has 1 N–H and O–H groups in total. The lowest BCUT2D eigenvalue weighted by Gasteiger charge is -2.20. The molecule has 5 heteroatoms. The van der Waals surface area contributed by atoms with Crippen LogP contribution in [0.1, 0.15) is 29.9 Å². The fourth-order valence-corrected chi connectivity index (χ4v) is 3.69. The number of methoxy groups -OCH3 is 2. The molecule has 0 aliphatic carbocycles. The van der Waals surface area contributed by atoms with Crippen molar-refractivity contribution in [2.75, 3.05) is 27.4 Å². The molecule has 0 bridgehead atoms. The molecule has 3 aromatic rings. The summed E-state index contributed by atoms with van der Waals surface area (Å²) in [5, 5.41) is 4.17. The molecule has 0 spiro atoms. The minimum Gasteiger partial charge on any atom is -0.496 e. The van der Waals surface area contributed by atoms with E-state index in [1.54, 1.807) is 14.2 Å². The highest BCUT2D eigenvalue weighted by Crippen LogP contribution is 2.38. The fourth-order valence-electron chi connectivity index (χ4n) is 3.69. The van der Waals surface area contributed by atoms with Crippen molar-refractivity contribution in [2.45, 2.75) is 18.8 Å². The maximum atomic E-state index is 12.7. The van der Waals surface area contributed by atoms with Gasteiger partial charge in [0.15, 0.2) is 0 Å². The maximum Gasteiger partial charge on any atom is 0.220 e. The molecule has 0 fully saturated rings. The Bertz CT molecular complexity index is 932. The molecule has 0 aliphatic heterocycles. The SMILES string of the molecule is COCCCNC(=O)C[C@@H](c1ccccc1OC)c1cn(C)c2ccccc12. The lowest BCUT2D eigenvalue weighted by Crippen LogP contribution is -2.27. The maximum absolute atomic E-state index is 12.7. The average Bonchev–Trinajstić information content (AvgIpc) is 3.06. The number of aryl methyl sites for hydroxylation is 1. The van der Waals surface area contributed by atoms with E-state index in [1.165, 1.54) is 0 Å². The van der Waals surface area contributed by atoms with Crippen molar-refractivity contribution in [2.24, 2.45) is 7.05 Å². The lowest BCUT2D eigenvalue weighted by atomic mass is 9.87. The highest BCUT2D eigenvalue weighted by Gasteiger charge is 2.24. The molecular weight excluding hydrogens is 352 g/mol. The van der Waals surface area contributed by atoms with Gasteiger partial charge < -0.3 is 19.4 Å². The van der Waals surface area contributed by atoms with E-state index in [-0.39, 0.29) is 11.8 Å². The summed E-state index contributed by atoms with van der Waals surface area (Å²) in [6, 6.07) is 16.2. The van der Waals surface area contributed by atoms with Crippen LogP contribution in [0.25, 0.3) is 10.9 Å². The number of fused-ring (bicyclic) bond motifs is 1. The second-order valence-electron chi connectivity index (χ2n) is 6.91. The third-order valence-corrected chi connectivity index (χ3v) is 5.05. The van der Waals surface area contributed by atoms with Crippen molar-refractivity contribution < 1.29 is 14.3 Å². The predicted molar refractivity (Wildman–Crippen MR) is 112 cm³/mol. The third kappa shape index (κ3) is 4.37. The number of para-hydroxylation sites is 2. The molecule has 5 nitrogen and oxygen atoms in total. The first kappa shape index (κ1) is 20.0. The molecule has 28 heavy (non-hydrogen) atoms. The van der Waals surface area contributed by atoms with Gasteiger partial charge in [-0.05, 0) is 24.1 Å². The summed E-state index contributed by atoms with van der Waals surface area (Å²) in [6.07, 6.45) is 3.29. The van der Waals surface area contributed by atoms with Gasteiger partial charge in [0, 0.05) is 62.3 Å². The van der Waals surface area contributed by atoms with Crippen LogP contribution in [-0.4, -0.2) is 37.8 Å². The first-order chi connectivity index (χ1) is 13.7. The zero-order chi connectivity index (χ0) is 19.9. The lowest BCUT2D eigenvalue weighted by molar-refractivity contribution is -0.121. The Labute approximate surface area is 166 Å². The average molecular weight is 380 g/mol. The Kier molecular flexibility index (Phi) is 6.71. The number of carbonyl (C=O) groups is 1. The molecule has 0 saturated carbocycles. The van der Waals surface area contributed by atoms with Crippen LogP contribution >= 0.6 is 0 Å². The molecule has 0 saturated heterocycles. The zero-order valence-corrected chi connectivity index (χ0v) is 16.8. The van der Waals surface area contributed by atoms with Crippen LogP contribution < -0.4 is 10.1 Å². The Hall–Kier alpha value is -2.79. The molecule has 1 heterocycles. The van der Waals surface area contributed by atoms with Gasteiger partial charge in [-0.2, -0.15) is 0 Å². The van der Waals surface area contributed by atoms with Crippen molar-refractivity contribution in [3.63, 3.8) is 0 Å². The fraction of sp³-hybridized carbons (Fsp3) is 0.348. The minimum absolute atomic E-state index is 0.0277. The van der Waals surface area contributed by atoms with Crippen molar-refractivity contribution >= 4 is 16.8 Å². The van der Waals surface area contributed by atoms with E-state index in [1.807, 2.05) is 43.4 Å². The summed E-state index contributed by atoms with van der Waals surface area (Å²) < 4.78 is 12.8. The van der Waals surface area contributed by atoms with Gasteiger partial charge >= 0.3 is 0 Å². The summed E-state index contributed by atoms with van der Waals surface area (Å²) in [7, 11) is 5.37. The van der Waals surface area contributed by atoms with Crippen LogP contribution in [0.4, 0.5) is 0 Å². The number of aromatic nitrogens is 1. The Morgan fingerprint density at radius 2 is 1.82 bits per heavy atom. The van der Waals surface area contributed by atoms with E-state index in [9.17, 15) is 4.79 Å². The van der Waals surface area contributed by atoms with Gasteiger partial charge in [0.1, 0.15) is 5.75 Å². The number of hydrogen-bond acceptors (Lipinski definition) is 3. The van der Waals surface area contributed by atoms with E-state index in [0.717, 1.165) is 34.2 Å². The van der Waals surface area contributed by atoms with Crippen LogP contribution in [-0.2, 0) is 16.6 Å². The van der Waals surface area contributed by atoms with E-state index < -0.39 is 0 Å². The Morgan fingerprint density at radius 1 is 1.07 bits per heavy atom. The minimum atomic E-state index is -0.0929. The first-order valence-corrected chi connectivity index (χ1v) is 9.58. The normalized spacial score (nSPS) is 12.1. The topological polar surface area (TPSA) is 52.5 Å². The van der Waals surface area contributed by atoms with Crippen molar-refractivity contribution in [1.29, 1.82) is 0 Å². The second kappa shape index (κ2) is 9.42. The summed E-state index contributed by atoms with van der Waals surface area (Å²) >= 11 is 0. The van der Waals surface area contributed by atoms with Crippen LogP contribution in [0.3, 0.4) is 0 Å². The standard InChI is InChI=1S/C23H28N2O3/c1-25-16-20(17-9-4-6-11-21(17)25)19(15-23(26)24-13-8-14-27-2)18-10-5-7-12-22(18)28-3/h4-7,9-12,16,19H,8,13-15H2,1-3H3,(H,24,26)/t19-/m0/s1. The van der Waals surface area contributed by atoms with Gasteiger partial charge in [0.05, 0.1) is 7.11 Å². The molecule has 0 radical (unpaired) electrons. The number of ether oxygens (including phenoxy) is 2. The number of carbonyl (C=O) groups excluding carboxylic acids is 1. The van der Waals surface area contributed by atoms with E-state index >= 15 is 0 Å². The summed E-state index contributed by atoms with van der Waals surface area (Å²) in [6.45, 7) is 1.25. The molecule has 1 amide bonds. The van der Waals surface area contributed by atoms with Gasteiger partial charge in [-0.3, -0.25) is 4.79 Å². The molecule has 1 atom stereocenters. The zero-order valence-electron chi connectivity index (χ0n) is 16.8. The van der Waals surface area contributed by atoms with Crippen molar-refractivity contribution in [1.82, 2.24) is 9.88 Å². The Morgan fingerprint density at radius 3 is 2.61 bits per heavy atom. The van der Waals surface area contributed by atoms with Gasteiger partial charge in [-0.1, -0.05) is 36.4 Å².